The molecule has 1 aliphatic carbocycles. The number of imidazole rings is 1. The van der Waals surface area contributed by atoms with E-state index in [9.17, 15) is 13.2 Å². The largest absolute Gasteiger partial charge is 0.573 e. The maximum Gasteiger partial charge on any atom is 0.573 e. The van der Waals surface area contributed by atoms with Gasteiger partial charge < -0.3 is 18.6 Å². The zero-order valence-corrected chi connectivity index (χ0v) is 17.2. The van der Waals surface area contributed by atoms with E-state index in [1.165, 1.54) is 12.1 Å². The van der Waals surface area contributed by atoms with Crippen molar-refractivity contribution in [3.8, 4) is 17.3 Å². The Morgan fingerprint density at radius 3 is 2.61 bits per heavy atom. The number of para-hydroxylation sites is 1. The van der Waals surface area contributed by atoms with E-state index in [1.54, 1.807) is 18.3 Å². The number of ether oxygens (including phenoxy) is 2. The van der Waals surface area contributed by atoms with Gasteiger partial charge in [0.25, 0.3) is 5.88 Å². The number of alkyl halides is 3. The van der Waals surface area contributed by atoms with Crippen molar-refractivity contribution in [2.75, 3.05) is 0 Å². The first kappa shape index (κ1) is 20.9. The second-order valence-electron chi connectivity index (χ2n) is 7.43. The molecule has 2 aromatic carbocycles. The van der Waals surface area contributed by atoms with Crippen molar-refractivity contribution in [2.45, 2.75) is 25.3 Å². The summed E-state index contributed by atoms with van der Waals surface area (Å²) in [4.78, 5) is 4.37. The molecule has 0 fully saturated rings. The van der Waals surface area contributed by atoms with Crippen LogP contribution in [-0.4, -0.2) is 21.1 Å². The lowest BCUT2D eigenvalue weighted by Gasteiger charge is -2.14. The van der Waals surface area contributed by atoms with Crippen LogP contribution in [0.1, 0.15) is 23.7 Å². The van der Waals surface area contributed by atoms with E-state index in [1.807, 2.05) is 53.2 Å². The lowest BCUT2D eigenvalue weighted by molar-refractivity contribution is -0.274. The van der Waals surface area contributed by atoms with Gasteiger partial charge in [0, 0.05) is 24.0 Å². The lowest BCUT2D eigenvalue weighted by Crippen LogP contribution is -2.26. The van der Waals surface area contributed by atoms with Gasteiger partial charge in [0.1, 0.15) is 12.4 Å². The molecule has 2 aromatic heterocycles. The number of benzene rings is 2. The number of aromatic nitrogens is 3. The molecule has 5 rings (SSSR count). The fourth-order valence-corrected chi connectivity index (χ4v) is 3.75. The third-order valence-corrected chi connectivity index (χ3v) is 5.28. The van der Waals surface area contributed by atoms with E-state index in [-0.39, 0.29) is 18.3 Å². The molecular weight excluding hydrogens is 435 g/mol. The summed E-state index contributed by atoms with van der Waals surface area (Å²) >= 11 is 0. The topological polar surface area (TPSA) is 62.3 Å². The zero-order chi connectivity index (χ0) is 22.8. The highest BCUT2D eigenvalue weighted by Crippen LogP contribution is 2.28. The minimum absolute atomic E-state index is 0.0644. The number of hydrogen-bond acceptors (Lipinski definition) is 5. The van der Waals surface area contributed by atoms with E-state index in [0.29, 0.717) is 28.8 Å². The van der Waals surface area contributed by atoms with Crippen LogP contribution in [0.4, 0.5) is 13.2 Å². The summed E-state index contributed by atoms with van der Waals surface area (Å²) in [6.07, 6.45) is 3.31. The fraction of sp³-hybridized carbons (Fsp3) is 0.167. The maximum atomic E-state index is 12.4. The summed E-state index contributed by atoms with van der Waals surface area (Å²) in [6.45, 7) is 0.183. The smallest absolute Gasteiger partial charge is 0.467 e. The fourth-order valence-electron chi connectivity index (χ4n) is 3.75. The van der Waals surface area contributed by atoms with Crippen molar-refractivity contribution in [1.82, 2.24) is 14.7 Å². The van der Waals surface area contributed by atoms with Crippen molar-refractivity contribution in [2.24, 2.45) is 0 Å². The van der Waals surface area contributed by atoms with Crippen LogP contribution in [0, 0.1) is 0 Å². The van der Waals surface area contributed by atoms with Crippen LogP contribution in [-0.2, 0) is 6.61 Å². The quantitative estimate of drug-likeness (QED) is 0.440. The Morgan fingerprint density at radius 1 is 1.06 bits per heavy atom. The average Bonchev–Trinajstić information content (AvgIpc) is 3.44. The second kappa shape index (κ2) is 8.50. The van der Waals surface area contributed by atoms with Crippen molar-refractivity contribution in [3.05, 3.63) is 89.0 Å². The Morgan fingerprint density at radius 2 is 1.85 bits per heavy atom. The summed E-state index contributed by atoms with van der Waals surface area (Å²) in [7, 11) is 0. The molecule has 168 valence electrons. The van der Waals surface area contributed by atoms with Gasteiger partial charge in [-0.05, 0) is 47.5 Å². The molecule has 0 saturated carbocycles. The predicted octanol–water partition coefficient (Wildman–Crippen LogP) is 4.09. The van der Waals surface area contributed by atoms with Gasteiger partial charge in [-0.2, -0.15) is 0 Å². The van der Waals surface area contributed by atoms with Crippen molar-refractivity contribution in [3.63, 3.8) is 0 Å². The molecule has 0 aliphatic heterocycles. The van der Waals surface area contributed by atoms with Crippen LogP contribution in [0.15, 0.2) is 71.5 Å². The first-order valence-corrected chi connectivity index (χ1v) is 10.2. The van der Waals surface area contributed by atoms with Gasteiger partial charge >= 0.3 is 6.36 Å². The molecular formula is C24H18F3N3O3. The van der Waals surface area contributed by atoms with Gasteiger partial charge in [-0.15, -0.1) is 13.2 Å². The van der Waals surface area contributed by atoms with E-state index < -0.39 is 6.36 Å². The molecule has 0 amide bonds. The summed E-state index contributed by atoms with van der Waals surface area (Å²) in [5, 5.41) is 4.75. The van der Waals surface area contributed by atoms with Crippen molar-refractivity contribution in [1.29, 1.82) is 0 Å². The molecule has 2 heterocycles. The highest BCUT2D eigenvalue weighted by Gasteiger charge is 2.31. The van der Waals surface area contributed by atoms with Crippen LogP contribution >= 0.6 is 0 Å². The Kier molecular flexibility index (Phi) is 5.37. The number of halogens is 3. The molecule has 4 aromatic rings. The molecule has 0 radical (unpaired) electrons. The zero-order valence-electron chi connectivity index (χ0n) is 17.2. The molecule has 0 bridgehead atoms. The highest BCUT2D eigenvalue weighted by molar-refractivity contribution is 5.49. The minimum Gasteiger partial charge on any atom is -0.467 e. The standard InChI is InChI=1S/C24H18F3N3O3/c25-24(26,27)32-19-9-6-16(7-10-19)17-8-11-21-20(14-17)23(29-33-21)31-15-22-28-12-13-30(22)18-4-2-1-3-5-18/h1-7,9-14,17H,8,15H2. The maximum absolute atomic E-state index is 12.4. The number of hydrogen-bond donors (Lipinski definition) is 0. The molecule has 0 saturated heterocycles. The first-order valence-electron chi connectivity index (χ1n) is 10.2. The molecule has 0 spiro atoms. The molecule has 9 heteroatoms. The normalized spacial score (nSPS) is 15.3. The lowest BCUT2D eigenvalue weighted by atomic mass is 9.92. The Labute approximate surface area is 186 Å². The number of fused-ring (bicyclic) bond motifs is 1. The molecule has 0 N–H and O–H groups in total. The van der Waals surface area contributed by atoms with E-state index in [4.69, 9.17) is 9.26 Å². The van der Waals surface area contributed by atoms with Crippen LogP contribution in [0.5, 0.6) is 11.6 Å². The highest BCUT2D eigenvalue weighted by atomic mass is 19.4. The van der Waals surface area contributed by atoms with Gasteiger partial charge in [-0.1, -0.05) is 36.4 Å². The second-order valence-corrected chi connectivity index (χ2v) is 7.43. The summed E-state index contributed by atoms with van der Waals surface area (Å²) in [5.41, 5.74) is 2.41. The van der Waals surface area contributed by atoms with Crippen LogP contribution in [0.25, 0.3) is 17.8 Å². The summed E-state index contributed by atoms with van der Waals surface area (Å²) in [6, 6.07) is 15.6. The van der Waals surface area contributed by atoms with Crippen molar-refractivity contribution >= 4 is 12.2 Å². The monoisotopic (exact) mass is 453 g/mol. The SMILES string of the molecule is FC(F)(F)Oc1ccc(C2C=c3c(OCc4nccn4-c4ccccc4)noc3=CC2)cc1. The van der Waals surface area contributed by atoms with Gasteiger partial charge in [0.15, 0.2) is 11.2 Å². The Bertz CT molecular complexity index is 1360. The van der Waals surface area contributed by atoms with E-state index in [0.717, 1.165) is 11.3 Å². The third kappa shape index (κ3) is 4.62. The Balaban J connectivity index is 1.35. The summed E-state index contributed by atoms with van der Waals surface area (Å²) in [5.74, 6) is 0.722. The van der Waals surface area contributed by atoms with Gasteiger partial charge in [-0.3, -0.25) is 0 Å². The molecule has 33 heavy (non-hydrogen) atoms. The van der Waals surface area contributed by atoms with Crippen LogP contribution in [0.3, 0.4) is 0 Å². The van der Waals surface area contributed by atoms with Gasteiger partial charge in [0.05, 0.1) is 5.22 Å². The minimum atomic E-state index is -4.72. The molecule has 1 unspecified atom stereocenters. The first-order chi connectivity index (χ1) is 16.0. The number of rotatable bonds is 6. The van der Waals surface area contributed by atoms with E-state index in [2.05, 4.69) is 14.9 Å². The Hall–Kier alpha value is -4.01. The third-order valence-electron chi connectivity index (χ3n) is 5.28. The summed E-state index contributed by atoms with van der Waals surface area (Å²) < 4.78 is 54.4. The van der Waals surface area contributed by atoms with Crippen LogP contribution in [0.2, 0.25) is 0 Å². The van der Waals surface area contributed by atoms with E-state index >= 15 is 0 Å². The number of nitrogens with zero attached hydrogens (tertiary/aromatic N) is 3. The molecule has 1 aliphatic rings. The molecule has 6 nitrogen and oxygen atoms in total. The molecule has 1 atom stereocenters. The van der Waals surface area contributed by atoms with Gasteiger partial charge in [-0.25, -0.2) is 4.98 Å². The van der Waals surface area contributed by atoms with Crippen molar-refractivity contribution < 1.29 is 27.2 Å². The van der Waals surface area contributed by atoms with Gasteiger partial charge in [0.2, 0.25) is 0 Å². The van der Waals surface area contributed by atoms with Crippen LogP contribution < -0.4 is 20.1 Å². The average molecular weight is 453 g/mol. The predicted molar refractivity (Wildman–Crippen MR) is 113 cm³/mol.